The lowest BCUT2D eigenvalue weighted by molar-refractivity contribution is -0.148. The fourth-order valence-electron chi connectivity index (χ4n) is 3.16. The molecule has 2 aliphatic rings. The van der Waals surface area contributed by atoms with E-state index in [1.165, 1.54) is 7.11 Å². The van der Waals surface area contributed by atoms with Crippen molar-refractivity contribution in [3.05, 3.63) is 29.8 Å². The number of esters is 1. The summed E-state index contributed by atoms with van der Waals surface area (Å²) >= 11 is 0. The smallest absolute Gasteiger partial charge is 0.326 e. The first-order valence-electron chi connectivity index (χ1n) is 7.71. The zero-order chi connectivity index (χ0) is 14.9. The SMILES string of the molecule is COC(=O)C1(NC2CC2)CCC(Oc2ccccc2C)C1. The van der Waals surface area contributed by atoms with Crippen LogP contribution in [0.5, 0.6) is 5.75 Å². The third-order valence-corrected chi connectivity index (χ3v) is 4.49. The summed E-state index contributed by atoms with van der Waals surface area (Å²) in [7, 11) is 1.47. The molecule has 1 N–H and O–H groups in total. The van der Waals surface area contributed by atoms with Crippen LogP contribution in [-0.2, 0) is 9.53 Å². The molecule has 2 unspecified atom stereocenters. The number of methoxy groups -OCH3 is 1. The van der Waals surface area contributed by atoms with E-state index in [0.29, 0.717) is 12.5 Å². The number of carbonyl (C=O) groups is 1. The van der Waals surface area contributed by atoms with Gasteiger partial charge in [0.15, 0.2) is 0 Å². The Kier molecular flexibility index (Phi) is 3.89. The summed E-state index contributed by atoms with van der Waals surface area (Å²) in [6.45, 7) is 2.04. The molecule has 2 saturated carbocycles. The van der Waals surface area contributed by atoms with Crippen LogP contribution < -0.4 is 10.1 Å². The van der Waals surface area contributed by atoms with Crippen LogP contribution in [0.25, 0.3) is 0 Å². The lowest BCUT2D eigenvalue weighted by Gasteiger charge is -2.28. The predicted molar refractivity (Wildman–Crippen MR) is 80.4 cm³/mol. The summed E-state index contributed by atoms with van der Waals surface area (Å²) in [5.74, 6) is 0.764. The van der Waals surface area contributed by atoms with Gasteiger partial charge in [0, 0.05) is 12.5 Å². The minimum atomic E-state index is -0.552. The van der Waals surface area contributed by atoms with Gasteiger partial charge in [0.2, 0.25) is 0 Å². The fraction of sp³-hybridized carbons (Fsp3) is 0.588. The molecule has 0 spiro atoms. The van der Waals surface area contributed by atoms with Gasteiger partial charge in [-0.2, -0.15) is 0 Å². The van der Waals surface area contributed by atoms with Crippen LogP contribution in [0.4, 0.5) is 0 Å². The molecule has 2 fully saturated rings. The van der Waals surface area contributed by atoms with E-state index in [1.54, 1.807) is 0 Å². The van der Waals surface area contributed by atoms with E-state index in [4.69, 9.17) is 9.47 Å². The Morgan fingerprint density at radius 2 is 2.05 bits per heavy atom. The topological polar surface area (TPSA) is 47.6 Å². The molecule has 1 aromatic carbocycles. The molecule has 0 aromatic heterocycles. The first kappa shape index (κ1) is 14.4. The molecule has 2 atom stereocenters. The molecule has 1 aromatic rings. The highest BCUT2D eigenvalue weighted by Gasteiger charge is 2.49. The van der Waals surface area contributed by atoms with Gasteiger partial charge in [0.05, 0.1) is 7.11 Å². The highest BCUT2D eigenvalue weighted by molar-refractivity contribution is 5.81. The van der Waals surface area contributed by atoms with Crippen molar-refractivity contribution < 1.29 is 14.3 Å². The van der Waals surface area contributed by atoms with Gasteiger partial charge in [-0.15, -0.1) is 0 Å². The van der Waals surface area contributed by atoms with Crippen molar-refractivity contribution in [1.29, 1.82) is 0 Å². The lowest BCUT2D eigenvalue weighted by Crippen LogP contribution is -2.52. The van der Waals surface area contributed by atoms with Crippen LogP contribution in [0.3, 0.4) is 0 Å². The second-order valence-electron chi connectivity index (χ2n) is 6.24. The van der Waals surface area contributed by atoms with Gasteiger partial charge in [0.1, 0.15) is 17.4 Å². The highest BCUT2D eigenvalue weighted by atomic mass is 16.5. The molecule has 114 valence electrons. The van der Waals surface area contributed by atoms with Gasteiger partial charge >= 0.3 is 5.97 Å². The van der Waals surface area contributed by atoms with Crippen LogP contribution in [-0.4, -0.2) is 30.8 Å². The molecule has 21 heavy (non-hydrogen) atoms. The van der Waals surface area contributed by atoms with E-state index in [1.807, 2.05) is 31.2 Å². The summed E-state index contributed by atoms with van der Waals surface area (Å²) in [5.41, 5.74) is 0.576. The summed E-state index contributed by atoms with van der Waals surface area (Å²) in [5, 5.41) is 3.49. The minimum absolute atomic E-state index is 0.0662. The lowest BCUT2D eigenvalue weighted by atomic mass is 9.97. The summed E-state index contributed by atoms with van der Waals surface area (Å²) in [6.07, 6.45) is 4.72. The number of hydrogen-bond donors (Lipinski definition) is 1. The van der Waals surface area contributed by atoms with Crippen molar-refractivity contribution in [2.24, 2.45) is 0 Å². The molecule has 0 saturated heterocycles. The summed E-state index contributed by atoms with van der Waals surface area (Å²) in [6, 6.07) is 8.49. The van der Waals surface area contributed by atoms with Crippen LogP contribution in [0.15, 0.2) is 24.3 Å². The molecule has 0 bridgehead atoms. The van der Waals surface area contributed by atoms with E-state index in [-0.39, 0.29) is 12.1 Å². The van der Waals surface area contributed by atoms with Gasteiger partial charge in [-0.25, -0.2) is 0 Å². The standard InChI is InChI=1S/C17H23NO3/c1-12-5-3-4-6-15(12)21-14-9-10-17(11-14,16(19)20-2)18-13-7-8-13/h3-6,13-14,18H,7-11H2,1-2H3. The Hall–Kier alpha value is -1.55. The van der Waals surface area contributed by atoms with Crippen molar-refractivity contribution in [2.75, 3.05) is 7.11 Å². The van der Waals surface area contributed by atoms with Crippen LogP contribution in [0, 0.1) is 6.92 Å². The number of hydrogen-bond acceptors (Lipinski definition) is 4. The first-order chi connectivity index (χ1) is 10.1. The average Bonchev–Trinajstić information content (AvgIpc) is 3.20. The Morgan fingerprint density at radius 1 is 1.29 bits per heavy atom. The van der Waals surface area contributed by atoms with Crippen molar-refractivity contribution in [1.82, 2.24) is 5.32 Å². The van der Waals surface area contributed by atoms with Gasteiger partial charge in [-0.05, 0) is 44.2 Å². The zero-order valence-corrected chi connectivity index (χ0v) is 12.7. The number of rotatable bonds is 5. The number of para-hydroxylation sites is 1. The first-order valence-corrected chi connectivity index (χ1v) is 7.71. The number of nitrogens with one attached hydrogen (secondary N) is 1. The molecular weight excluding hydrogens is 266 g/mol. The van der Waals surface area contributed by atoms with E-state index in [9.17, 15) is 4.79 Å². The minimum Gasteiger partial charge on any atom is -0.490 e. The Bertz CT molecular complexity index is 527. The number of benzene rings is 1. The molecule has 0 amide bonds. The molecule has 2 aliphatic carbocycles. The second kappa shape index (κ2) is 5.68. The summed E-state index contributed by atoms with van der Waals surface area (Å²) < 4.78 is 11.1. The second-order valence-corrected chi connectivity index (χ2v) is 6.24. The molecule has 4 heteroatoms. The normalized spacial score (nSPS) is 28.4. The number of aryl methyl sites for hydroxylation is 1. The molecule has 0 heterocycles. The van der Waals surface area contributed by atoms with E-state index < -0.39 is 5.54 Å². The van der Waals surface area contributed by atoms with Gasteiger partial charge < -0.3 is 9.47 Å². The molecule has 0 aliphatic heterocycles. The Balaban J connectivity index is 1.70. The van der Waals surface area contributed by atoms with E-state index in [2.05, 4.69) is 5.32 Å². The van der Waals surface area contributed by atoms with E-state index in [0.717, 1.165) is 37.0 Å². The van der Waals surface area contributed by atoms with Crippen molar-refractivity contribution in [3.63, 3.8) is 0 Å². The molecule has 3 rings (SSSR count). The zero-order valence-electron chi connectivity index (χ0n) is 12.7. The number of ether oxygens (including phenoxy) is 2. The molecule has 4 nitrogen and oxygen atoms in total. The van der Waals surface area contributed by atoms with E-state index >= 15 is 0 Å². The quantitative estimate of drug-likeness (QED) is 0.846. The van der Waals surface area contributed by atoms with Gasteiger partial charge in [0.25, 0.3) is 0 Å². The third-order valence-electron chi connectivity index (χ3n) is 4.49. The third kappa shape index (κ3) is 3.05. The van der Waals surface area contributed by atoms with Crippen LogP contribution >= 0.6 is 0 Å². The predicted octanol–water partition coefficient (Wildman–Crippen LogP) is 2.59. The maximum absolute atomic E-state index is 12.2. The monoisotopic (exact) mass is 289 g/mol. The maximum Gasteiger partial charge on any atom is 0.326 e. The molecule has 0 radical (unpaired) electrons. The van der Waals surface area contributed by atoms with Gasteiger partial charge in [-0.1, -0.05) is 18.2 Å². The number of carbonyl (C=O) groups excluding carboxylic acids is 1. The summed E-state index contributed by atoms with van der Waals surface area (Å²) in [4.78, 5) is 12.2. The average molecular weight is 289 g/mol. The van der Waals surface area contributed by atoms with Crippen LogP contribution in [0.2, 0.25) is 0 Å². The maximum atomic E-state index is 12.2. The Labute approximate surface area is 125 Å². The Morgan fingerprint density at radius 3 is 2.71 bits per heavy atom. The van der Waals surface area contributed by atoms with Crippen LogP contribution in [0.1, 0.15) is 37.7 Å². The van der Waals surface area contributed by atoms with Crippen molar-refractivity contribution >= 4 is 5.97 Å². The van der Waals surface area contributed by atoms with Crippen molar-refractivity contribution in [2.45, 2.75) is 56.7 Å². The van der Waals surface area contributed by atoms with Crippen molar-refractivity contribution in [3.8, 4) is 5.75 Å². The highest BCUT2D eigenvalue weighted by Crippen LogP contribution is 2.37. The largest absolute Gasteiger partial charge is 0.490 e. The van der Waals surface area contributed by atoms with Gasteiger partial charge in [-0.3, -0.25) is 10.1 Å². The fourth-order valence-corrected chi connectivity index (χ4v) is 3.16. The molecular formula is C17H23NO3.